The lowest BCUT2D eigenvalue weighted by atomic mass is 10.0. The van der Waals surface area contributed by atoms with Gasteiger partial charge in [0.15, 0.2) is 0 Å². The van der Waals surface area contributed by atoms with Crippen LogP contribution in [0.3, 0.4) is 0 Å². The predicted octanol–water partition coefficient (Wildman–Crippen LogP) is 3.32. The molecule has 1 aliphatic rings. The summed E-state index contributed by atoms with van der Waals surface area (Å²) < 4.78 is 7.28. The molecule has 1 aromatic carbocycles. The Morgan fingerprint density at radius 3 is 2.84 bits per heavy atom. The van der Waals surface area contributed by atoms with Gasteiger partial charge in [0, 0.05) is 11.6 Å². The van der Waals surface area contributed by atoms with Gasteiger partial charge in [0.1, 0.15) is 11.6 Å². The summed E-state index contributed by atoms with van der Waals surface area (Å²) in [5, 5.41) is 5.58. The molecule has 2 heterocycles. The van der Waals surface area contributed by atoms with Crippen LogP contribution in [-0.2, 0) is 4.79 Å². The summed E-state index contributed by atoms with van der Waals surface area (Å²) in [6.07, 6.45) is 1.91. The lowest BCUT2D eigenvalue weighted by Gasteiger charge is -2.18. The summed E-state index contributed by atoms with van der Waals surface area (Å²) in [6.45, 7) is 4.14. The lowest BCUT2D eigenvalue weighted by molar-refractivity contribution is -0.113. The molecule has 0 unspecified atom stereocenters. The van der Waals surface area contributed by atoms with Gasteiger partial charge >= 0.3 is 0 Å². The fourth-order valence-electron chi connectivity index (χ4n) is 3.25. The monoisotopic (exact) mass is 361 g/mol. The second-order valence-electron chi connectivity index (χ2n) is 6.19. The summed E-state index contributed by atoms with van der Waals surface area (Å²) in [7, 11) is 1.61. The maximum atomic E-state index is 12.8. The number of carbonyl (C=O) groups is 1. The first-order valence-electron chi connectivity index (χ1n) is 8.45. The molecule has 0 aliphatic carbocycles. The molecule has 1 amide bonds. The third kappa shape index (κ3) is 3.33. The van der Waals surface area contributed by atoms with Crippen molar-refractivity contribution in [1.82, 2.24) is 9.78 Å². The molecular weight excluding hydrogens is 338 g/mol. The number of thioether (sulfide) groups is 1. The molecule has 1 aromatic heterocycles. The quantitative estimate of drug-likeness (QED) is 0.856. The Kier molecular flexibility index (Phi) is 5.22. The first-order valence-corrected chi connectivity index (χ1v) is 9.50. The van der Waals surface area contributed by atoms with Gasteiger partial charge in [0.25, 0.3) is 5.56 Å². The van der Waals surface area contributed by atoms with Gasteiger partial charge in [-0.3, -0.25) is 19.4 Å². The molecule has 6 nitrogen and oxygen atoms in total. The van der Waals surface area contributed by atoms with E-state index in [0.29, 0.717) is 22.9 Å². The standard InChI is InChI=1S/C18H23N3O3S/c1-4-7-11(2)21-17-15(18(23)20-21)16(25-10-14(22)19-17)12-8-5-6-9-13(12)24-3/h5-6,8-9,11,16H,4,7,10H2,1-3H3,(H,19,22)(H,20,23)/t11-,16+/m1/s1. The first kappa shape index (κ1) is 17.7. The minimum absolute atomic E-state index is 0.0971. The van der Waals surface area contributed by atoms with Crippen LogP contribution in [-0.4, -0.2) is 28.6 Å². The molecular formula is C18H23N3O3S. The number of amides is 1. The minimum atomic E-state index is -0.260. The number of hydrogen-bond donors (Lipinski definition) is 2. The van der Waals surface area contributed by atoms with E-state index in [4.69, 9.17) is 4.74 Å². The molecule has 0 saturated heterocycles. The highest BCUT2D eigenvalue weighted by atomic mass is 32.2. The van der Waals surface area contributed by atoms with Crippen molar-refractivity contribution in [3.63, 3.8) is 0 Å². The fourth-order valence-corrected chi connectivity index (χ4v) is 4.40. The zero-order valence-electron chi connectivity index (χ0n) is 14.7. The highest BCUT2D eigenvalue weighted by Gasteiger charge is 2.32. The largest absolute Gasteiger partial charge is 0.496 e. The highest BCUT2D eigenvalue weighted by molar-refractivity contribution is 8.00. The van der Waals surface area contributed by atoms with Crippen molar-refractivity contribution < 1.29 is 9.53 Å². The second kappa shape index (κ2) is 7.39. The number of fused-ring (bicyclic) bond motifs is 1. The number of para-hydroxylation sites is 1. The van der Waals surface area contributed by atoms with E-state index in [2.05, 4.69) is 17.3 Å². The molecule has 2 atom stereocenters. The average molecular weight is 361 g/mol. The van der Waals surface area contributed by atoms with Crippen LogP contribution in [0.15, 0.2) is 29.1 Å². The van der Waals surface area contributed by atoms with Gasteiger partial charge in [-0.05, 0) is 19.4 Å². The number of nitrogens with zero attached hydrogens (tertiary/aromatic N) is 1. The second-order valence-corrected chi connectivity index (χ2v) is 7.29. The van der Waals surface area contributed by atoms with Gasteiger partial charge in [-0.1, -0.05) is 31.5 Å². The van der Waals surface area contributed by atoms with Crippen molar-refractivity contribution in [2.24, 2.45) is 0 Å². The Labute approximate surface area is 150 Å². The molecule has 2 aromatic rings. The fraction of sp³-hybridized carbons (Fsp3) is 0.444. The molecule has 25 heavy (non-hydrogen) atoms. The van der Waals surface area contributed by atoms with Crippen LogP contribution in [0.5, 0.6) is 5.75 Å². The van der Waals surface area contributed by atoms with Gasteiger partial charge in [0.05, 0.1) is 23.7 Å². The normalized spacial score (nSPS) is 18.2. The lowest BCUT2D eigenvalue weighted by Crippen LogP contribution is -2.18. The number of benzene rings is 1. The van der Waals surface area contributed by atoms with E-state index in [9.17, 15) is 9.59 Å². The Bertz CT molecular complexity index is 827. The number of carbonyl (C=O) groups excluding carboxylic acids is 1. The Hall–Kier alpha value is -2.15. The van der Waals surface area contributed by atoms with Crippen LogP contribution in [0.1, 0.15) is 49.1 Å². The van der Waals surface area contributed by atoms with Crippen LogP contribution in [0.2, 0.25) is 0 Å². The predicted molar refractivity (Wildman–Crippen MR) is 101 cm³/mol. The zero-order chi connectivity index (χ0) is 18.0. The molecule has 0 radical (unpaired) electrons. The maximum Gasteiger partial charge on any atom is 0.270 e. The topological polar surface area (TPSA) is 76.1 Å². The zero-order valence-corrected chi connectivity index (χ0v) is 15.5. The molecule has 3 rings (SSSR count). The van der Waals surface area contributed by atoms with E-state index in [1.807, 2.05) is 31.2 Å². The molecule has 134 valence electrons. The van der Waals surface area contributed by atoms with Crippen LogP contribution in [0.25, 0.3) is 0 Å². The Morgan fingerprint density at radius 2 is 2.12 bits per heavy atom. The van der Waals surface area contributed by atoms with Gasteiger partial charge in [0.2, 0.25) is 5.91 Å². The van der Waals surface area contributed by atoms with Crippen LogP contribution >= 0.6 is 11.8 Å². The van der Waals surface area contributed by atoms with Crippen molar-refractivity contribution in [3.05, 3.63) is 45.7 Å². The molecule has 7 heteroatoms. The number of anilines is 1. The number of hydrogen-bond acceptors (Lipinski definition) is 4. The molecule has 0 bridgehead atoms. The summed E-state index contributed by atoms with van der Waals surface area (Å²) >= 11 is 1.44. The van der Waals surface area contributed by atoms with Crippen molar-refractivity contribution in [2.45, 2.75) is 38.0 Å². The van der Waals surface area contributed by atoms with Gasteiger partial charge in [-0.15, -0.1) is 11.8 Å². The average Bonchev–Trinajstić information content (AvgIpc) is 2.82. The van der Waals surface area contributed by atoms with E-state index >= 15 is 0 Å². The summed E-state index contributed by atoms with van der Waals surface area (Å²) in [5.74, 6) is 1.49. The first-order chi connectivity index (χ1) is 12.1. The molecule has 0 fully saturated rings. The summed E-state index contributed by atoms with van der Waals surface area (Å²) in [5.41, 5.74) is 1.33. The van der Waals surface area contributed by atoms with Crippen LogP contribution in [0.4, 0.5) is 5.82 Å². The number of ether oxygens (including phenoxy) is 1. The van der Waals surface area contributed by atoms with Crippen molar-refractivity contribution >= 4 is 23.5 Å². The van der Waals surface area contributed by atoms with E-state index < -0.39 is 0 Å². The van der Waals surface area contributed by atoms with Crippen LogP contribution < -0.4 is 15.6 Å². The minimum Gasteiger partial charge on any atom is -0.496 e. The maximum absolute atomic E-state index is 12.8. The number of aromatic nitrogens is 2. The number of rotatable bonds is 5. The van der Waals surface area contributed by atoms with Gasteiger partial charge < -0.3 is 10.1 Å². The van der Waals surface area contributed by atoms with E-state index in [1.165, 1.54) is 11.8 Å². The van der Waals surface area contributed by atoms with Gasteiger partial charge in [-0.25, -0.2) is 0 Å². The molecule has 0 saturated carbocycles. The number of H-pyrrole nitrogens is 1. The SMILES string of the molecule is CCC[C@@H](C)n1[nH]c(=O)c2c1NC(=O)CS[C@H]2c1ccccc1OC. The Balaban J connectivity index is 2.16. The number of aromatic amines is 1. The van der Waals surface area contributed by atoms with Crippen LogP contribution in [0, 0.1) is 0 Å². The molecule has 0 spiro atoms. The van der Waals surface area contributed by atoms with E-state index in [-0.39, 0.29) is 22.8 Å². The van der Waals surface area contributed by atoms with E-state index in [0.717, 1.165) is 18.4 Å². The highest BCUT2D eigenvalue weighted by Crippen LogP contribution is 2.43. The van der Waals surface area contributed by atoms with Crippen molar-refractivity contribution in [1.29, 1.82) is 0 Å². The smallest absolute Gasteiger partial charge is 0.270 e. The number of nitrogens with one attached hydrogen (secondary N) is 2. The number of methoxy groups -OCH3 is 1. The Morgan fingerprint density at radius 1 is 1.36 bits per heavy atom. The summed E-state index contributed by atoms with van der Waals surface area (Å²) in [4.78, 5) is 25.0. The molecule has 1 aliphatic heterocycles. The third-order valence-corrected chi connectivity index (χ3v) is 5.68. The van der Waals surface area contributed by atoms with Crippen molar-refractivity contribution in [3.8, 4) is 5.75 Å². The van der Waals surface area contributed by atoms with Crippen molar-refractivity contribution in [2.75, 3.05) is 18.2 Å². The third-order valence-electron chi connectivity index (χ3n) is 4.43. The van der Waals surface area contributed by atoms with E-state index in [1.54, 1.807) is 11.8 Å². The summed E-state index contributed by atoms with van der Waals surface area (Å²) in [6, 6.07) is 7.74. The molecule has 2 N–H and O–H groups in total. The van der Waals surface area contributed by atoms with Gasteiger partial charge in [-0.2, -0.15) is 0 Å².